The van der Waals surface area contributed by atoms with Crippen LogP contribution in [-0.2, 0) is 4.74 Å². The number of esters is 1. The largest absolute Gasteiger partial charge is 0.460 e. The number of carbonyl (C=O) groups excluding carboxylic acids is 1. The van der Waals surface area contributed by atoms with Gasteiger partial charge in [-0.05, 0) is 12.5 Å². The van der Waals surface area contributed by atoms with E-state index in [1.165, 1.54) is 0 Å². The van der Waals surface area contributed by atoms with Crippen molar-refractivity contribution in [1.29, 1.82) is 0 Å². The van der Waals surface area contributed by atoms with Gasteiger partial charge in [-0.3, -0.25) is 0 Å². The van der Waals surface area contributed by atoms with Gasteiger partial charge in [0.05, 0.1) is 12.6 Å². The van der Waals surface area contributed by atoms with Crippen molar-refractivity contribution in [3.8, 4) is 0 Å². The molecule has 1 aromatic heterocycles. The Hall–Kier alpha value is -2.21. The van der Waals surface area contributed by atoms with E-state index in [4.69, 9.17) is 4.74 Å². The molecule has 2 heterocycles. The van der Waals surface area contributed by atoms with Crippen LogP contribution in [0.1, 0.15) is 47.5 Å². The summed E-state index contributed by atoms with van der Waals surface area (Å²) in [5.41, 5.74) is 1.03. The van der Waals surface area contributed by atoms with Crippen LogP contribution in [-0.4, -0.2) is 32.4 Å². The number of nitrogens with zero attached hydrogens (tertiary/aromatic N) is 3. The number of aromatic nitrogens is 3. The maximum atomic E-state index is 11.7. The van der Waals surface area contributed by atoms with E-state index in [1.54, 1.807) is 11.6 Å². The maximum absolute atomic E-state index is 11.7. The summed E-state index contributed by atoms with van der Waals surface area (Å²) >= 11 is 0. The number of ether oxygens (including phenoxy) is 1. The average molecular weight is 273 g/mol. The second-order valence-electron chi connectivity index (χ2n) is 4.64. The Bertz CT molecular complexity index is 624. The zero-order valence-corrected chi connectivity index (χ0v) is 11.1. The third kappa shape index (κ3) is 2.08. The van der Waals surface area contributed by atoms with Crippen molar-refractivity contribution >= 4 is 5.97 Å². The molecular formula is C14H15N3O3. The third-order valence-electron chi connectivity index (χ3n) is 3.34. The highest BCUT2D eigenvalue weighted by Crippen LogP contribution is 2.36. The van der Waals surface area contributed by atoms with Gasteiger partial charge in [-0.1, -0.05) is 30.3 Å². The average Bonchev–Trinajstić information content (AvgIpc) is 3.01. The highest BCUT2D eigenvalue weighted by molar-refractivity contribution is 5.85. The first kappa shape index (κ1) is 12.8. The van der Waals surface area contributed by atoms with Crippen LogP contribution < -0.4 is 0 Å². The fourth-order valence-corrected chi connectivity index (χ4v) is 2.44. The quantitative estimate of drug-likeness (QED) is 0.857. The smallest absolute Gasteiger partial charge is 0.378 e. The summed E-state index contributed by atoms with van der Waals surface area (Å²) in [6.45, 7) is 2.00. The number of rotatable bonds is 3. The molecule has 0 fully saturated rings. The molecule has 1 N–H and O–H groups in total. The van der Waals surface area contributed by atoms with Crippen molar-refractivity contribution in [2.75, 3.05) is 6.61 Å². The first-order valence-corrected chi connectivity index (χ1v) is 6.57. The summed E-state index contributed by atoms with van der Waals surface area (Å²) in [7, 11) is 0. The molecule has 6 heteroatoms. The Kier molecular flexibility index (Phi) is 3.23. The molecule has 0 spiro atoms. The van der Waals surface area contributed by atoms with Gasteiger partial charge in [0.1, 0.15) is 6.10 Å². The van der Waals surface area contributed by atoms with E-state index in [1.807, 2.05) is 30.3 Å². The van der Waals surface area contributed by atoms with Crippen molar-refractivity contribution in [2.45, 2.75) is 25.5 Å². The van der Waals surface area contributed by atoms with Gasteiger partial charge in [-0.25, -0.2) is 14.5 Å². The maximum Gasteiger partial charge on any atom is 0.378 e. The second kappa shape index (κ2) is 5.05. The van der Waals surface area contributed by atoms with Crippen molar-refractivity contribution in [2.24, 2.45) is 0 Å². The number of carbonyl (C=O) groups is 1. The monoisotopic (exact) mass is 273 g/mol. The van der Waals surface area contributed by atoms with Crippen LogP contribution in [0.2, 0.25) is 0 Å². The molecule has 3 rings (SSSR count). The minimum absolute atomic E-state index is 0.00142. The molecule has 104 valence electrons. The molecule has 20 heavy (non-hydrogen) atoms. The van der Waals surface area contributed by atoms with Crippen molar-refractivity contribution in [3.05, 3.63) is 47.5 Å². The first-order valence-electron chi connectivity index (χ1n) is 6.57. The van der Waals surface area contributed by atoms with Crippen molar-refractivity contribution < 1.29 is 14.6 Å². The van der Waals surface area contributed by atoms with Crippen LogP contribution in [0.25, 0.3) is 0 Å². The van der Waals surface area contributed by atoms with Crippen LogP contribution in [0, 0.1) is 0 Å². The van der Waals surface area contributed by atoms with E-state index in [2.05, 4.69) is 10.1 Å². The summed E-state index contributed by atoms with van der Waals surface area (Å²) in [5, 5.41) is 14.3. The first-order chi connectivity index (χ1) is 9.70. The van der Waals surface area contributed by atoms with E-state index in [0.717, 1.165) is 5.56 Å². The fraction of sp³-hybridized carbons (Fsp3) is 0.357. The second-order valence-corrected chi connectivity index (χ2v) is 4.64. The van der Waals surface area contributed by atoms with E-state index in [0.29, 0.717) is 12.2 Å². The van der Waals surface area contributed by atoms with E-state index >= 15 is 0 Å². The zero-order valence-electron chi connectivity index (χ0n) is 11.1. The summed E-state index contributed by atoms with van der Waals surface area (Å²) in [4.78, 5) is 15.8. The summed E-state index contributed by atoms with van der Waals surface area (Å²) in [5.74, 6) is -0.142. The summed E-state index contributed by atoms with van der Waals surface area (Å²) in [6.07, 6.45) is -0.196. The van der Waals surface area contributed by atoms with Gasteiger partial charge in [0.15, 0.2) is 5.82 Å². The molecule has 1 aromatic carbocycles. The Morgan fingerprint density at radius 3 is 2.90 bits per heavy atom. The van der Waals surface area contributed by atoms with Crippen molar-refractivity contribution in [3.63, 3.8) is 0 Å². The molecule has 0 unspecified atom stereocenters. The normalized spacial score (nSPS) is 20.7. The molecule has 0 saturated carbocycles. The molecule has 2 atom stereocenters. The highest BCUT2D eigenvalue weighted by Gasteiger charge is 2.35. The Labute approximate surface area is 116 Å². The molecule has 6 nitrogen and oxygen atoms in total. The lowest BCUT2D eigenvalue weighted by Gasteiger charge is -2.11. The zero-order chi connectivity index (χ0) is 14.1. The van der Waals surface area contributed by atoms with Gasteiger partial charge < -0.3 is 9.84 Å². The van der Waals surface area contributed by atoms with Gasteiger partial charge in [0, 0.05) is 6.42 Å². The molecule has 1 aliphatic rings. The minimum atomic E-state index is -0.712. The topological polar surface area (TPSA) is 77.2 Å². The van der Waals surface area contributed by atoms with E-state index < -0.39 is 12.1 Å². The molecular weight excluding hydrogens is 258 g/mol. The number of aliphatic hydroxyl groups is 1. The van der Waals surface area contributed by atoms with E-state index in [-0.39, 0.29) is 18.5 Å². The molecule has 2 aromatic rings. The number of hydrogen-bond acceptors (Lipinski definition) is 5. The number of benzene rings is 1. The van der Waals surface area contributed by atoms with Crippen LogP contribution in [0.15, 0.2) is 30.3 Å². The lowest BCUT2D eigenvalue weighted by atomic mass is 10.0. The van der Waals surface area contributed by atoms with Crippen molar-refractivity contribution in [1.82, 2.24) is 14.8 Å². The van der Waals surface area contributed by atoms with Crippen LogP contribution in [0.5, 0.6) is 0 Å². The van der Waals surface area contributed by atoms with Gasteiger partial charge in [0.2, 0.25) is 0 Å². The molecule has 1 aliphatic heterocycles. The minimum Gasteiger partial charge on any atom is -0.460 e. The van der Waals surface area contributed by atoms with Gasteiger partial charge in [-0.2, -0.15) is 0 Å². The summed E-state index contributed by atoms with van der Waals surface area (Å²) in [6, 6.07) is 9.64. The molecule has 0 amide bonds. The third-order valence-corrected chi connectivity index (χ3v) is 3.34. The number of fused-ring (bicyclic) bond motifs is 1. The van der Waals surface area contributed by atoms with E-state index in [9.17, 15) is 9.90 Å². The van der Waals surface area contributed by atoms with Gasteiger partial charge in [0.25, 0.3) is 5.82 Å². The highest BCUT2D eigenvalue weighted by atomic mass is 16.5. The molecule has 0 aliphatic carbocycles. The van der Waals surface area contributed by atoms with Crippen LogP contribution >= 0.6 is 0 Å². The van der Waals surface area contributed by atoms with Crippen LogP contribution in [0.3, 0.4) is 0 Å². The number of hydrogen-bond donors (Lipinski definition) is 1. The molecule has 0 bridgehead atoms. The molecule has 0 radical (unpaired) electrons. The van der Waals surface area contributed by atoms with Gasteiger partial charge >= 0.3 is 5.97 Å². The predicted octanol–water partition coefficient (Wildman–Crippen LogP) is 1.48. The fourth-order valence-electron chi connectivity index (χ4n) is 2.44. The lowest BCUT2D eigenvalue weighted by molar-refractivity contribution is 0.0510. The van der Waals surface area contributed by atoms with Crippen LogP contribution in [0.4, 0.5) is 0 Å². The lowest BCUT2D eigenvalue weighted by Crippen LogP contribution is -2.11. The Morgan fingerprint density at radius 2 is 2.20 bits per heavy atom. The van der Waals surface area contributed by atoms with Gasteiger partial charge in [-0.15, -0.1) is 5.10 Å². The molecule has 0 saturated heterocycles. The predicted molar refractivity (Wildman–Crippen MR) is 70.1 cm³/mol. The summed E-state index contributed by atoms with van der Waals surface area (Å²) < 4.78 is 6.50. The Morgan fingerprint density at radius 1 is 1.45 bits per heavy atom. The standard InChI is InChI=1S/C14H15N3O3/c1-2-20-14(19)12-15-13-11(18)8-10(17(13)16-12)9-6-4-3-5-7-9/h3-7,10-11,18H,2,8H2,1H3/t10-,11-/m0/s1. The SMILES string of the molecule is CCOC(=O)c1nc2n(n1)[C@H](c1ccccc1)C[C@@H]2O. The Balaban J connectivity index is 1.96. The number of aliphatic hydroxyl groups excluding tert-OH is 1.